The molecule has 0 atom stereocenters. The Morgan fingerprint density at radius 1 is 0.917 bits per heavy atom. The molecule has 4 nitrogen and oxygen atoms in total. The van der Waals surface area contributed by atoms with E-state index in [9.17, 15) is 0 Å². The molecule has 1 fully saturated rings. The Hall–Kier alpha value is -1.81. The number of aryl methyl sites for hydroxylation is 2. The van der Waals surface area contributed by atoms with Crippen molar-refractivity contribution in [2.75, 3.05) is 37.6 Å². The zero-order valence-electron chi connectivity index (χ0n) is 14.5. The summed E-state index contributed by atoms with van der Waals surface area (Å²) in [5.74, 6) is 0. The van der Waals surface area contributed by atoms with Gasteiger partial charge in [-0.05, 0) is 56.3 Å². The van der Waals surface area contributed by atoms with Gasteiger partial charge < -0.3 is 4.90 Å². The van der Waals surface area contributed by atoms with Crippen LogP contribution in [0.25, 0.3) is 0 Å². The Kier molecular flexibility index (Phi) is 4.83. The molecule has 0 N–H and O–H groups in total. The zero-order valence-corrected chi connectivity index (χ0v) is 14.5. The van der Waals surface area contributed by atoms with Crippen LogP contribution in [0.15, 0.2) is 36.5 Å². The predicted octanol–water partition coefficient (Wildman–Crippen LogP) is 2.97. The second kappa shape index (κ2) is 7.39. The molecule has 0 unspecified atom stereocenters. The molecule has 1 saturated heterocycles. The molecule has 0 amide bonds. The van der Waals surface area contributed by atoms with Gasteiger partial charge in [0.1, 0.15) is 0 Å². The second-order valence-corrected chi connectivity index (χ2v) is 7.06. The van der Waals surface area contributed by atoms with Gasteiger partial charge in [0.2, 0.25) is 0 Å². The van der Waals surface area contributed by atoms with Crippen LogP contribution in [-0.4, -0.2) is 47.4 Å². The van der Waals surface area contributed by atoms with Crippen LogP contribution in [0.2, 0.25) is 0 Å². The van der Waals surface area contributed by atoms with E-state index in [-0.39, 0.29) is 0 Å². The highest BCUT2D eigenvalue weighted by Crippen LogP contribution is 2.20. The summed E-state index contributed by atoms with van der Waals surface area (Å²) in [7, 11) is 0. The highest BCUT2D eigenvalue weighted by molar-refractivity contribution is 5.46. The van der Waals surface area contributed by atoms with E-state index in [4.69, 9.17) is 0 Å². The summed E-state index contributed by atoms with van der Waals surface area (Å²) in [5.41, 5.74) is 4.37. The molecule has 1 aromatic carbocycles. The molecule has 2 aliphatic rings. The van der Waals surface area contributed by atoms with E-state index in [1.165, 1.54) is 68.7 Å². The minimum atomic E-state index is 1.12. The molecule has 3 heterocycles. The Balaban J connectivity index is 1.23. The molecule has 0 spiro atoms. The van der Waals surface area contributed by atoms with Gasteiger partial charge in [-0.15, -0.1) is 0 Å². The van der Waals surface area contributed by atoms with Gasteiger partial charge in [-0.1, -0.05) is 18.2 Å². The van der Waals surface area contributed by atoms with E-state index >= 15 is 0 Å². The molecule has 0 aliphatic carbocycles. The monoisotopic (exact) mass is 324 g/mol. The number of rotatable bonds is 5. The maximum absolute atomic E-state index is 4.56. The van der Waals surface area contributed by atoms with E-state index in [0.29, 0.717) is 0 Å². The minimum Gasteiger partial charge on any atom is -0.369 e. The van der Waals surface area contributed by atoms with Crippen LogP contribution in [0.4, 0.5) is 5.69 Å². The highest BCUT2D eigenvalue weighted by atomic mass is 15.3. The van der Waals surface area contributed by atoms with Crippen molar-refractivity contribution < 1.29 is 0 Å². The van der Waals surface area contributed by atoms with E-state index in [1.807, 2.05) is 0 Å². The van der Waals surface area contributed by atoms with Crippen LogP contribution in [0.5, 0.6) is 0 Å². The third kappa shape index (κ3) is 3.48. The molecule has 0 saturated carbocycles. The lowest BCUT2D eigenvalue weighted by Crippen LogP contribution is -2.46. The normalized spacial score (nSPS) is 18.6. The topological polar surface area (TPSA) is 24.3 Å². The van der Waals surface area contributed by atoms with Crippen molar-refractivity contribution in [2.45, 2.75) is 38.6 Å². The van der Waals surface area contributed by atoms with Crippen molar-refractivity contribution in [2.24, 2.45) is 0 Å². The van der Waals surface area contributed by atoms with Crippen LogP contribution in [-0.2, 0) is 19.4 Å². The Labute approximate surface area is 145 Å². The Bertz CT molecular complexity index is 641. The average molecular weight is 324 g/mol. The molecule has 2 aliphatic heterocycles. The third-order valence-corrected chi connectivity index (χ3v) is 5.48. The van der Waals surface area contributed by atoms with Gasteiger partial charge in [-0.25, -0.2) is 0 Å². The van der Waals surface area contributed by atoms with Crippen molar-refractivity contribution in [3.8, 4) is 0 Å². The highest BCUT2D eigenvalue weighted by Gasteiger charge is 2.18. The summed E-state index contributed by atoms with van der Waals surface area (Å²) in [6.07, 6.45) is 8.41. The van der Waals surface area contributed by atoms with Crippen LogP contribution in [0.1, 0.15) is 30.5 Å². The summed E-state index contributed by atoms with van der Waals surface area (Å²) < 4.78 is 2.23. The first-order chi connectivity index (χ1) is 11.9. The van der Waals surface area contributed by atoms with Crippen LogP contribution in [0.3, 0.4) is 0 Å². The van der Waals surface area contributed by atoms with Gasteiger partial charge in [0.25, 0.3) is 0 Å². The van der Waals surface area contributed by atoms with Gasteiger partial charge in [0.15, 0.2) is 0 Å². The van der Waals surface area contributed by atoms with Gasteiger partial charge in [-0.3, -0.25) is 9.58 Å². The maximum atomic E-state index is 4.56. The number of hydrogen-bond acceptors (Lipinski definition) is 3. The van der Waals surface area contributed by atoms with E-state index in [2.05, 4.69) is 56.1 Å². The number of para-hydroxylation sites is 1. The summed E-state index contributed by atoms with van der Waals surface area (Å²) in [6, 6.07) is 10.8. The summed E-state index contributed by atoms with van der Waals surface area (Å²) in [5, 5.41) is 4.56. The molecule has 0 bridgehead atoms. The first-order valence-corrected chi connectivity index (χ1v) is 9.46. The number of benzene rings is 1. The smallest absolute Gasteiger partial charge is 0.0524 e. The number of hydrogen-bond donors (Lipinski definition) is 0. The number of piperazine rings is 1. The molecule has 128 valence electrons. The minimum absolute atomic E-state index is 1.12. The molecule has 4 rings (SSSR count). The lowest BCUT2D eigenvalue weighted by molar-refractivity contribution is 0.255. The standard InChI is InChI=1S/C20H28N4/c1-2-8-19(9-3-1)23-15-13-22(14-16-23)11-6-7-18-17-21-24-12-5-4-10-20(18)24/h1-3,8-9,17H,4-7,10-16H2. The van der Waals surface area contributed by atoms with Crippen molar-refractivity contribution in [1.29, 1.82) is 0 Å². The second-order valence-electron chi connectivity index (χ2n) is 7.06. The van der Waals surface area contributed by atoms with Gasteiger partial charge in [-0.2, -0.15) is 5.10 Å². The Morgan fingerprint density at radius 3 is 2.58 bits per heavy atom. The molecule has 24 heavy (non-hydrogen) atoms. The Morgan fingerprint density at radius 2 is 1.75 bits per heavy atom. The summed E-state index contributed by atoms with van der Waals surface area (Å²) in [6.45, 7) is 6.99. The van der Waals surface area contributed by atoms with Gasteiger partial charge in [0.05, 0.1) is 6.20 Å². The first-order valence-electron chi connectivity index (χ1n) is 9.46. The van der Waals surface area contributed by atoms with Gasteiger partial charge >= 0.3 is 0 Å². The first kappa shape index (κ1) is 15.7. The summed E-state index contributed by atoms with van der Waals surface area (Å²) >= 11 is 0. The number of fused-ring (bicyclic) bond motifs is 1. The van der Waals surface area contributed by atoms with Crippen molar-refractivity contribution in [3.63, 3.8) is 0 Å². The average Bonchev–Trinajstić information content (AvgIpc) is 3.06. The third-order valence-electron chi connectivity index (χ3n) is 5.48. The molecule has 0 radical (unpaired) electrons. The number of aromatic nitrogens is 2. The molecule has 4 heteroatoms. The largest absolute Gasteiger partial charge is 0.369 e. The summed E-state index contributed by atoms with van der Waals surface area (Å²) in [4.78, 5) is 5.13. The van der Waals surface area contributed by atoms with Crippen molar-refractivity contribution in [3.05, 3.63) is 47.8 Å². The van der Waals surface area contributed by atoms with Crippen molar-refractivity contribution in [1.82, 2.24) is 14.7 Å². The van der Waals surface area contributed by atoms with E-state index in [1.54, 1.807) is 0 Å². The van der Waals surface area contributed by atoms with Gasteiger partial charge in [0, 0.05) is 44.1 Å². The molecule has 1 aromatic heterocycles. The SMILES string of the molecule is c1ccc(N2CCN(CCCc3cnn4c3CCCC4)CC2)cc1. The number of nitrogens with zero attached hydrogens (tertiary/aromatic N) is 4. The maximum Gasteiger partial charge on any atom is 0.0524 e. The van der Waals surface area contributed by atoms with E-state index < -0.39 is 0 Å². The molecule has 2 aromatic rings. The van der Waals surface area contributed by atoms with Crippen molar-refractivity contribution >= 4 is 5.69 Å². The van der Waals surface area contributed by atoms with Crippen LogP contribution >= 0.6 is 0 Å². The lowest BCUT2D eigenvalue weighted by atomic mass is 10.0. The number of anilines is 1. The van der Waals surface area contributed by atoms with Crippen LogP contribution in [0, 0.1) is 0 Å². The fourth-order valence-electron chi connectivity index (χ4n) is 4.06. The predicted molar refractivity (Wildman–Crippen MR) is 98.6 cm³/mol. The lowest BCUT2D eigenvalue weighted by Gasteiger charge is -2.36. The van der Waals surface area contributed by atoms with Crippen LogP contribution < -0.4 is 4.90 Å². The fourth-order valence-corrected chi connectivity index (χ4v) is 4.06. The molecular formula is C20H28N4. The quantitative estimate of drug-likeness (QED) is 0.845. The zero-order chi connectivity index (χ0) is 16.2. The molecular weight excluding hydrogens is 296 g/mol. The van der Waals surface area contributed by atoms with E-state index in [0.717, 1.165) is 19.6 Å². The fraction of sp³-hybridized carbons (Fsp3) is 0.550.